The molecule has 0 aromatic heterocycles. The van der Waals surface area contributed by atoms with E-state index in [2.05, 4.69) is 26.1 Å². The SMILES string of the molecule is O=C(NC1CS(=O)(=O)CC1N1CCCCC1)c1ccc(Br)cc1Cl. The normalized spacial score (nSPS) is 27.1. The third-order valence-corrected chi connectivity index (χ3v) is 7.20. The minimum atomic E-state index is -3.14. The Kier molecular flexibility index (Phi) is 5.54. The maximum atomic E-state index is 12.5. The van der Waals surface area contributed by atoms with Crippen LogP contribution < -0.4 is 5.32 Å². The van der Waals surface area contributed by atoms with Crippen molar-refractivity contribution in [2.45, 2.75) is 31.3 Å². The van der Waals surface area contributed by atoms with Crippen LogP contribution in [0.4, 0.5) is 0 Å². The number of rotatable bonds is 3. The fraction of sp³-hybridized carbons (Fsp3) is 0.562. The summed E-state index contributed by atoms with van der Waals surface area (Å²) >= 11 is 9.44. The average molecular weight is 436 g/mol. The van der Waals surface area contributed by atoms with Crippen molar-refractivity contribution in [2.24, 2.45) is 0 Å². The predicted molar refractivity (Wildman–Crippen MR) is 98.3 cm³/mol. The van der Waals surface area contributed by atoms with E-state index >= 15 is 0 Å². The molecule has 0 radical (unpaired) electrons. The van der Waals surface area contributed by atoms with Crippen molar-refractivity contribution in [3.8, 4) is 0 Å². The molecule has 2 unspecified atom stereocenters. The van der Waals surface area contributed by atoms with Crippen LogP contribution in [0.3, 0.4) is 0 Å². The molecule has 24 heavy (non-hydrogen) atoms. The number of benzene rings is 1. The second-order valence-electron chi connectivity index (χ2n) is 6.45. The Bertz CT molecular complexity index is 735. The second kappa shape index (κ2) is 7.32. The molecule has 1 aromatic rings. The molecule has 1 amide bonds. The Morgan fingerprint density at radius 1 is 1.21 bits per heavy atom. The van der Waals surface area contributed by atoms with E-state index in [4.69, 9.17) is 11.6 Å². The van der Waals surface area contributed by atoms with E-state index in [-0.39, 0.29) is 29.5 Å². The van der Waals surface area contributed by atoms with E-state index in [9.17, 15) is 13.2 Å². The fourth-order valence-electron chi connectivity index (χ4n) is 3.50. The first-order valence-electron chi connectivity index (χ1n) is 8.06. The van der Waals surface area contributed by atoms with Gasteiger partial charge < -0.3 is 5.32 Å². The number of carbonyl (C=O) groups is 1. The van der Waals surface area contributed by atoms with Crippen molar-refractivity contribution in [2.75, 3.05) is 24.6 Å². The topological polar surface area (TPSA) is 66.5 Å². The van der Waals surface area contributed by atoms with E-state index in [0.717, 1.165) is 30.4 Å². The monoisotopic (exact) mass is 434 g/mol. The van der Waals surface area contributed by atoms with Crippen molar-refractivity contribution in [3.05, 3.63) is 33.3 Å². The number of piperidine rings is 1. The molecule has 1 aromatic carbocycles. The number of nitrogens with zero attached hydrogens (tertiary/aromatic N) is 1. The summed E-state index contributed by atoms with van der Waals surface area (Å²) in [7, 11) is -3.14. The molecule has 1 N–H and O–H groups in total. The van der Waals surface area contributed by atoms with Crippen molar-refractivity contribution < 1.29 is 13.2 Å². The molecule has 0 spiro atoms. The van der Waals surface area contributed by atoms with Gasteiger partial charge in [0.1, 0.15) is 0 Å². The van der Waals surface area contributed by atoms with E-state index in [1.54, 1.807) is 18.2 Å². The lowest BCUT2D eigenvalue weighted by Gasteiger charge is -2.35. The van der Waals surface area contributed by atoms with Crippen LogP contribution in [-0.4, -0.2) is 55.9 Å². The van der Waals surface area contributed by atoms with Crippen LogP contribution in [0.25, 0.3) is 0 Å². The van der Waals surface area contributed by atoms with Crippen LogP contribution in [0.1, 0.15) is 29.6 Å². The molecule has 2 saturated heterocycles. The first-order chi connectivity index (χ1) is 11.4. The largest absolute Gasteiger partial charge is 0.347 e. The van der Waals surface area contributed by atoms with E-state index in [0.29, 0.717) is 10.6 Å². The number of hydrogen-bond donors (Lipinski definition) is 1. The first kappa shape index (κ1) is 18.2. The highest BCUT2D eigenvalue weighted by Crippen LogP contribution is 2.25. The summed E-state index contributed by atoms with van der Waals surface area (Å²) in [6, 6.07) is 4.51. The zero-order valence-corrected chi connectivity index (χ0v) is 16.3. The minimum Gasteiger partial charge on any atom is -0.347 e. The molecule has 0 bridgehead atoms. The Labute approximate surface area is 155 Å². The van der Waals surface area contributed by atoms with E-state index in [1.165, 1.54) is 6.42 Å². The van der Waals surface area contributed by atoms with Crippen molar-refractivity contribution >= 4 is 43.3 Å². The molecule has 2 fully saturated rings. The van der Waals surface area contributed by atoms with Crippen molar-refractivity contribution in [3.63, 3.8) is 0 Å². The predicted octanol–water partition coefficient (Wildman–Crippen LogP) is 2.48. The average Bonchev–Trinajstić information content (AvgIpc) is 2.82. The van der Waals surface area contributed by atoms with Gasteiger partial charge in [0.05, 0.1) is 28.1 Å². The minimum absolute atomic E-state index is 0.00590. The summed E-state index contributed by atoms with van der Waals surface area (Å²) in [5.74, 6) is -0.211. The van der Waals surface area contributed by atoms with Gasteiger partial charge in [-0.05, 0) is 44.1 Å². The van der Waals surface area contributed by atoms with Gasteiger partial charge in [-0.3, -0.25) is 9.69 Å². The maximum Gasteiger partial charge on any atom is 0.253 e. The van der Waals surface area contributed by atoms with Gasteiger partial charge in [0.25, 0.3) is 5.91 Å². The maximum absolute atomic E-state index is 12.5. The molecular formula is C16H20BrClN2O3S. The van der Waals surface area contributed by atoms with Gasteiger partial charge in [-0.25, -0.2) is 8.42 Å². The highest BCUT2D eigenvalue weighted by molar-refractivity contribution is 9.10. The van der Waals surface area contributed by atoms with Gasteiger partial charge in [0, 0.05) is 10.5 Å². The van der Waals surface area contributed by atoms with Crippen LogP contribution in [0.15, 0.2) is 22.7 Å². The molecule has 2 heterocycles. The van der Waals surface area contributed by atoms with Gasteiger partial charge >= 0.3 is 0 Å². The van der Waals surface area contributed by atoms with Crippen LogP contribution in [0.2, 0.25) is 5.02 Å². The molecule has 0 aliphatic carbocycles. The number of halogens is 2. The van der Waals surface area contributed by atoms with Crippen LogP contribution in [0.5, 0.6) is 0 Å². The number of sulfone groups is 1. The lowest BCUT2D eigenvalue weighted by molar-refractivity contribution is 0.0900. The summed E-state index contributed by atoms with van der Waals surface area (Å²) in [5, 5.41) is 3.24. The van der Waals surface area contributed by atoms with Gasteiger partial charge in [-0.2, -0.15) is 0 Å². The summed E-state index contributed by atoms with van der Waals surface area (Å²) in [6.45, 7) is 1.79. The highest BCUT2D eigenvalue weighted by atomic mass is 79.9. The molecule has 2 atom stereocenters. The van der Waals surface area contributed by atoms with Gasteiger partial charge in [0.15, 0.2) is 9.84 Å². The standard InChI is InChI=1S/C16H20BrClN2O3S/c17-11-4-5-12(13(18)8-11)16(21)19-14-9-24(22,23)10-15(14)20-6-2-1-3-7-20/h4-5,8,14-15H,1-3,6-7,9-10H2,(H,19,21). The fourth-order valence-corrected chi connectivity index (χ4v) is 6.21. The second-order valence-corrected chi connectivity index (χ2v) is 9.92. The molecule has 8 heteroatoms. The van der Waals surface area contributed by atoms with Gasteiger partial charge in [-0.1, -0.05) is 34.0 Å². The molecule has 5 nitrogen and oxygen atoms in total. The Balaban J connectivity index is 1.77. The van der Waals surface area contributed by atoms with E-state index in [1.807, 2.05) is 0 Å². The summed E-state index contributed by atoms with van der Waals surface area (Å²) in [4.78, 5) is 14.8. The third kappa shape index (κ3) is 4.12. The van der Waals surface area contributed by atoms with Crippen LogP contribution in [0, 0.1) is 0 Å². The molecular weight excluding hydrogens is 416 g/mol. The third-order valence-electron chi connectivity index (χ3n) is 4.67. The number of hydrogen-bond acceptors (Lipinski definition) is 4. The van der Waals surface area contributed by atoms with Crippen molar-refractivity contribution in [1.82, 2.24) is 10.2 Å². The lowest BCUT2D eigenvalue weighted by atomic mass is 10.0. The Morgan fingerprint density at radius 2 is 1.92 bits per heavy atom. The Hall–Kier alpha value is -0.630. The number of nitrogens with one attached hydrogen (secondary N) is 1. The number of amides is 1. The number of likely N-dealkylation sites (tertiary alicyclic amines) is 1. The van der Waals surface area contributed by atoms with Gasteiger partial charge in [-0.15, -0.1) is 0 Å². The molecule has 132 valence electrons. The zero-order valence-electron chi connectivity index (χ0n) is 13.2. The van der Waals surface area contributed by atoms with Crippen LogP contribution in [-0.2, 0) is 9.84 Å². The quantitative estimate of drug-likeness (QED) is 0.792. The smallest absolute Gasteiger partial charge is 0.253 e. The molecule has 0 saturated carbocycles. The van der Waals surface area contributed by atoms with Crippen LogP contribution >= 0.6 is 27.5 Å². The lowest BCUT2D eigenvalue weighted by Crippen LogP contribution is -2.52. The van der Waals surface area contributed by atoms with Gasteiger partial charge in [0.2, 0.25) is 0 Å². The van der Waals surface area contributed by atoms with E-state index < -0.39 is 9.84 Å². The summed E-state index contributed by atoms with van der Waals surface area (Å²) < 4.78 is 25.0. The molecule has 3 rings (SSSR count). The zero-order chi connectivity index (χ0) is 17.3. The molecule has 2 aliphatic heterocycles. The summed E-state index contributed by atoms with van der Waals surface area (Å²) in [6.07, 6.45) is 3.34. The Morgan fingerprint density at radius 3 is 2.58 bits per heavy atom. The highest BCUT2D eigenvalue weighted by Gasteiger charge is 2.42. The molecule has 2 aliphatic rings. The van der Waals surface area contributed by atoms with Crippen molar-refractivity contribution in [1.29, 1.82) is 0 Å². The number of carbonyl (C=O) groups excluding carboxylic acids is 1. The first-order valence-corrected chi connectivity index (χ1v) is 11.1. The summed E-state index contributed by atoms with van der Waals surface area (Å²) in [5.41, 5.74) is 0.363.